The molecule has 1 saturated heterocycles. The number of esters is 1. The number of ether oxygens (including phenoxy) is 1. The Labute approximate surface area is 182 Å². The molecule has 0 saturated carbocycles. The number of likely N-dealkylation sites (tertiary alicyclic amines) is 1. The predicted octanol–water partition coefficient (Wildman–Crippen LogP) is 4.68. The summed E-state index contributed by atoms with van der Waals surface area (Å²) in [6, 6.07) is 11.4. The van der Waals surface area contributed by atoms with E-state index in [0.29, 0.717) is 30.6 Å². The largest absolute Gasteiger partial charge is 0.459 e. The molecule has 4 rings (SSSR count). The molecule has 0 bridgehead atoms. The van der Waals surface area contributed by atoms with E-state index in [4.69, 9.17) is 4.74 Å². The molecule has 0 N–H and O–H groups in total. The Bertz CT molecular complexity index is 1070. The first kappa shape index (κ1) is 21.1. The van der Waals surface area contributed by atoms with Gasteiger partial charge in [0.05, 0.1) is 11.6 Å². The van der Waals surface area contributed by atoms with Gasteiger partial charge in [-0.1, -0.05) is 0 Å². The fourth-order valence-corrected chi connectivity index (χ4v) is 4.30. The van der Waals surface area contributed by atoms with Gasteiger partial charge in [-0.3, -0.25) is 9.59 Å². The second kappa shape index (κ2) is 9.34. The topological polar surface area (TPSA) is 59.5 Å². The van der Waals surface area contributed by atoms with Gasteiger partial charge in [-0.2, -0.15) is 0 Å². The van der Waals surface area contributed by atoms with E-state index in [1.165, 1.54) is 47.7 Å². The van der Waals surface area contributed by atoms with Crippen molar-refractivity contribution < 1.29 is 23.1 Å². The maximum Gasteiger partial charge on any atom is 0.311 e. The third-order valence-corrected chi connectivity index (χ3v) is 6.08. The third kappa shape index (κ3) is 5.14. The number of piperidine rings is 1. The number of halogens is 2. The zero-order valence-corrected chi connectivity index (χ0v) is 17.4. The maximum atomic E-state index is 13.1. The Balaban J connectivity index is 1.33. The first-order valence-corrected chi connectivity index (χ1v) is 10.8. The van der Waals surface area contributed by atoms with Crippen LogP contribution in [0.25, 0.3) is 10.6 Å². The van der Waals surface area contributed by atoms with Crippen molar-refractivity contribution in [2.75, 3.05) is 13.1 Å². The number of aromatic nitrogens is 1. The lowest BCUT2D eigenvalue weighted by Gasteiger charge is -2.31. The minimum atomic E-state index is -0.409. The van der Waals surface area contributed by atoms with Gasteiger partial charge in [0, 0.05) is 29.6 Å². The molecule has 31 heavy (non-hydrogen) atoms. The number of nitrogens with zero attached hydrogens (tertiary/aromatic N) is 2. The molecule has 0 radical (unpaired) electrons. The molecule has 3 aromatic rings. The van der Waals surface area contributed by atoms with Crippen LogP contribution in [-0.4, -0.2) is 34.8 Å². The summed E-state index contributed by atoms with van der Waals surface area (Å²) in [6.45, 7) is 0.860. The van der Waals surface area contributed by atoms with Gasteiger partial charge in [0.1, 0.15) is 23.2 Å². The molecule has 160 valence electrons. The third-order valence-electron chi connectivity index (χ3n) is 5.14. The Morgan fingerprint density at radius 3 is 2.45 bits per heavy atom. The van der Waals surface area contributed by atoms with Gasteiger partial charge < -0.3 is 9.64 Å². The molecular formula is C23H20F2N2O3S. The van der Waals surface area contributed by atoms with Crippen LogP contribution >= 0.6 is 11.3 Å². The zero-order valence-electron chi connectivity index (χ0n) is 16.6. The Morgan fingerprint density at radius 2 is 1.74 bits per heavy atom. The van der Waals surface area contributed by atoms with Crippen molar-refractivity contribution in [2.45, 2.75) is 19.4 Å². The van der Waals surface area contributed by atoms with Crippen molar-refractivity contribution in [2.24, 2.45) is 5.92 Å². The van der Waals surface area contributed by atoms with Crippen LogP contribution in [0.5, 0.6) is 0 Å². The molecule has 0 spiro atoms. The van der Waals surface area contributed by atoms with Crippen molar-refractivity contribution >= 4 is 23.2 Å². The van der Waals surface area contributed by atoms with Crippen LogP contribution < -0.4 is 0 Å². The predicted molar refractivity (Wildman–Crippen MR) is 112 cm³/mol. The van der Waals surface area contributed by atoms with Crippen molar-refractivity contribution in [1.29, 1.82) is 0 Å². The highest BCUT2D eigenvalue weighted by molar-refractivity contribution is 7.13. The second-order valence-electron chi connectivity index (χ2n) is 7.36. The minimum Gasteiger partial charge on any atom is -0.459 e. The average Bonchev–Trinajstić information content (AvgIpc) is 3.27. The number of carbonyl (C=O) groups excluding carboxylic acids is 2. The van der Waals surface area contributed by atoms with Crippen molar-refractivity contribution in [1.82, 2.24) is 9.88 Å². The first-order valence-electron chi connectivity index (χ1n) is 9.91. The number of hydrogen-bond donors (Lipinski definition) is 0. The summed E-state index contributed by atoms with van der Waals surface area (Å²) in [7, 11) is 0. The van der Waals surface area contributed by atoms with Gasteiger partial charge in [-0.15, -0.1) is 11.3 Å². The standard InChI is InChI=1S/C23H20F2N2O3S/c24-18-7-3-15(4-8-18)21-26-20(14-31-21)13-30-23(29)17-2-1-11-27(12-17)22(28)16-5-9-19(25)10-6-16/h3-10,14,17H,1-2,11-13H2. The van der Waals surface area contributed by atoms with Gasteiger partial charge >= 0.3 is 5.97 Å². The minimum absolute atomic E-state index is 0.0406. The van der Waals surface area contributed by atoms with E-state index in [0.717, 1.165) is 10.6 Å². The van der Waals surface area contributed by atoms with Crippen LogP contribution in [0.15, 0.2) is 53.9 Å². The first-order chi connectivity index (χ1) is 15.0. The van der Waals surface area contributed by atoms with Crippen molar-refractivity contribution in [3.8, 4) is 10.6 Å². The van der Waals surface area contributed by atoms with E-state index >= 15 is 0 Å². The normalized spacial score (nSPS) is 16.2. The highest BCUT2D eigenvalue weighted by atomic mass is 32.1. The van der Waals surface area contributed by atoms with E-state index in [1.54, 1.807) is 22.4 Å². The lowest BCUT2D eigenvalue weighted by Crippen LogP contribution is -2.42. The molecule has 0 aliphatic carbocycles. The molecule has 1 unspecified atom stereocenters. The summed E-state index contributed by atoms with van der Waals surface area (Å²) in [6.07, 6.45) is 1.34. The van der Waals surface area contributed by atoms with Gasteiger partial charge in [-0.25, -0.2) is 13.8 Å². The molecule has 1 fully saturated rings. The molecule has 1 atom stereocenters. The van der Waals surface area contributed by atoms with Crippen molar-refractivity contribution in [3.05, 3.63) is 76.8 Å². The molecule has 2 heterocycles. The highest BCUT2D eigenvalue weighted by Crippen LogP contribution is 2.25. The Morgan fingerprint density at radius 1 is 1.06 bits per heavy atom. The molecule has 1 aliphatic rings. The van der Waals surface area contributed by atoms with Crippen molar-refractivity contribution in [3.63, 3.8) is 0 Å². The molecule has 8 heteroatoms. The summed E-state index contributed by atoms with van der Waals surface area (Å²) in [5.41, 5.74) is 1.81. The quantitative estimate of drug-likeness (QED) is 0.538. The number of rotatable bonds is 5. The zero-order chi connectivity index (χ0) is 21.8. The molecule has 1 amide bonds. The number of amides is 1. The molecule has 1 aliphatic heterocycles. The summed E-state index contributed by atoms with van der Waals surface area (Å²) in [4.78, 5) is 31.2. The molecule has 5 nitrogen and oxygen atoms in total. The van der Waals surface area contributed by atoms with Crippen LogP contribution in [0.2, 0.25) is 0 Å². The smallest absolute Gasteiger partial charge is 0.311 e. The summed E-state index contributed by atoms with van der Waals surface area (Å²) in [5.74, 6) is -1.71. The van der Waals surface area contributed by atoms with Crippen LogP contribution in [0.3, 0.4) is 0 Å². The molecule has 1 aromatic heterocycles. The van der Waals surface area contributed by atoms with Crippen LogP contribution in [0, 0.1) is 17.6 Å². The molecular weight excluding hydrogens is 422 g/mol. The number of benzene rings is 2. The van der Waals surface area contributed by atoms with E-state index in [2.05, 4.69) is 4.98 Å². The van der Waals surface area contributed by atoms with Crippen LogP contribution in [0.1, 0.15) is 28.9 Å². The summed E-state index contributed by atoms with van der Waals surface area (Å²) < 4.78 is 31.6. The number of carbonyl (C=O) groups is 2. The van der Waals surface area contributed by atoms with Crippen LogP contribution in [0.4, 0.5) is 8.78 Å². The summed E-state index contributed by atoms with van der Waals surface area (Å²) in [5, 5.41) is 2.52. The SMILES string of the molecule is O=C(OCc1csc(-c2ccc(F)cc2)n1)C1CCCN(C(=O)c2ccc(F)cc2)C1. The molecule has 2 aromatic carbocycles. The van der Waals surface area contributed by atoms with E-state index < -0.39 is 11.7 Å². The van der Waals surface area contributed by atoms with Gasteiger partial charge in [0.2, 0.25) is 0 Å². The number of thiazole rings is 1. The van der Waals surface area contributed by atoms with Gasteiger partial charge in [-0.05, 0) is 61.4 Å². The fourth-order valence-electron chi connectivity index (χ4n) is 3.49. The highest BCUT2D eigenvalue weighted by Gasteiger charge is 2.30. The Hall–Kier alpha value is -3.13. The van der Waals surface area contributed by atoms with E-state index in [-0.39, 0.29) is 30.8 Å². The lowest BCUT2D eigenvalue weighted by molar-refractivity contribution is -0.151. The van der Waals surface area contributed by atoms with E-state index in [9.17, 15) is 18.4 Å². The van der Waals surface area contributed by atoms with Gasteiger partial charge in [0.25, 0.3) is 5.91 Å². The lowest BCUT2D eigenvalue weighted by atomic mass is 9.97. The monoisotopic (exact) mass is 442 g/mol. The second-order valence-corrected chi connectivity index (χ2v) is 8.21. The van der Waals surface area contributed by atoms with Crippen LogP contribution in [-0.2, 0) is 16.1 Å². The maximum absolute atomic E-state index is 13.1. The summed E-state index contributed by atoms with van der Waals surface area (Å²) >= 11 is 1.39. The Kier molecular flexibility index (Phi) is 6.36. The van der Waals surface area contributed by atoms with E-state index in [1.807, 2.05) is 0 Å². The fraction of sp³-hybridized carbons (Fsp3) is 0.261. The van der Waals surface area contributed by atoms with Gasteiger partial charge in [0.15, 0.2) is 0 Å². The average molecular weight is 442 g/mol. The number of hydrogen-bond acceptors (Lipinski definition) is 5.